The Labute approximate surface area is 190 Å². The van der Waals surface area contributed by atoms with Gasteiger partial charge in [0.2, 0.25) is 11.7 Å². The molecule has 4 aromatic rings. The fourth-order valence-electron chi connectivity index (χ4n) is 3.78. The van der Waals surface area contributed by atoms with Crippen molar-refractivity contribution in [3.8, 4) is 5.75 Å². The summed E-state index contributed by atoms with van der Waals surface area (Å²) in [7, 11) is 1.58. The summed E-state index contributed by atoms with van der Waals surface area (Å²) in [6, 6.07) is 14.4. The molecule has 172 valence electrons. The maximum atomic E-state index is 13.3. The normalized spacial score (nSPS) is 12.2. The van der Waals surface area contributed by atoms with Crippen LogP contribution in [-0.2, 0) is 17.9 Å². The van der Waals surface area contributed by atoms with Gasteiger partial charge in [-0.05, 0) is 43.2 Å². The highest BCUT2D eigenvalue weighted by atomic mass is 16.5. The van der Waals surface area contributed by atoms with E-state index in [0.29, 0.717) is 16.7 Å². The van der Waals surface area contributed by atoms with Crippen LogP contribution in [0.1, 0.15) is 32.3 Å². The molecule has 1 amide bonds. The summed E-state index contributed by atoms with van der Waals surface area (Å²) >= 11 is 0. The quantitative estimate of drug-likeness (QED) is 0.444. The second-order valence-corrected chi connectivity index (χ2v) is 8.03. The van der Waals surface area contributed by atoms with Gasteiger partial charge in [0, 0.05) is 19.0 Å². The fraction of sp³-hybridized carbons (Fsp3) is 0.333. The molecule has 0 aliphatic heterocycles. The first-order valence-electron chi connectivity index (χ1n) is 11.0. The standard InChI is InChI=1S/C24H27N5O4/c1-4-16(2)25-21(30)12-13-27-22(31)19-10-5-6-11-20(19)29-23(27)26-28(24(29)32)15-17-8-7-9-18(14-17)33-3/h5-11,14,16H,4,12-13,15H2,1-3H3,(H,25,30). The van der Waals surface area contributed by atoms with Crippen LogP contribution in [0.15, 0.2) is 58.1 Å². The third-order valence-corrected chi connectivity index (χ3v) is 5.73. The Morgan fingerprint density at radius 2 is 1.94 bits per heavy atom. The lowest BCUT2D eigenvalue weighted by molar-refractivity contribution is -0.121. The molecule has 1 unspecified atom stereocenters. The number of amides is 1. The summed E-state index contributed by atoms with van der Waals surface area (Å²) in [4.78, 5) is 38.9. The predicted molar refractivity (Wildman–Crippen MR) is 126 cm³/mol. The number of para-hydroxylation sites is 1. The van der Waals surface area contributed by atoms with E-state index in [9.17, 15) is 14.4 Å². The average Bonchev–Trinajstić information content (AvgIpc) is 3.14. The Bertz CT molecular complexity index is 1430. The molecule has 0 saturated carbocycles. The Morgan fingerprint density at radius 1 is 1.15 bits per heavy atom. The summed E-state index contributed by atoms with van der Waals surface area (Å²) in [6.45, 7) is 4.25. The minimum Gasteiger partial charge on any atom is -0.497 e. The molecule has 0 radical (unpaired) electrons. The molecule has 1 atom stereocenters. The van der Waals surface area contributed by atoms with Crippen molar-refractivity contribution in [2.75, 3.05) is 7.11 Å². The van der Waals surface area contributed by atoms with E-state index in [1.807, 2.05) is 38.1 Å². The van der Waals surface area contributed by atoms with E-state index in [1.165, 1.54) is 13.6 Å². The number of nitrogens with zero attached hydrogens (tertiary/aromatic N) is 4. The van der Waals surface area contributed by atoms with Crippen molar-refractivity contribution in [3.05, 3.63) is 74.9 Å². The van der Waals surface area contributed by atoms with Crippen LogP contribution in [0.3, 0.4) is 0 Å². The topological polar surface area (TPSA) is 99.6 Å². The first-order chi connectivity index (χ1) is 15.9. The molecular formula is C24H27N5O4. The van der Waals surface area contributed by atoms with Crippen molar-refractivity contribution in [3.63, 3.8) is 0 Å². The molecular weight excluding hydrogens is 422 g/mol. The minimum absolute atomic E-state index is 0.0514. The number of aryl methyl sites for hydroxylation is 1. The van der Waals surface area contributed by atoms with Crippen LogP contribution in [0.4, 0.5) is 0 Å². The first-order valence-corrected chi connectivity index (χ1v) is 11.0. The zero-order valence-electron chi connectivity index (χ0n) is 18.9. The number of carbonyl (C=O) groups is 1. The molecule has 9 heteroatoms. The molecule has 2 heterocycles. The molecule has 0 aliphatic rings. The number of methoxy groups -OCH3 is 1. The van der Waals surface area contributed by atoms with Gasteiger partial charge in [0.1, 0.15) is 5.75 Å². The van der Waals surface area contributed by atoms with Crippen molar-refractivity contribution >= 4 is 22.6 Å². The number of ether oxygens (including phenoxy) is 1. The summed E-state index contributed by atoms with van der Waals surface area (Å²) in [5.74, 6) is 0.739. The van der Waals surface area contributed by atoms with E-state index in [1.54, 1.807) is 31.4 Å². The van der Waals surface area contributed by atoms with Crippen LogP contribution < -0.4 is 21.3 Å². The van der Waals surface area contributed by atoms with Gasteiger partial charge in [0.25, 0.3) is 5.56 Å². The Morgan fingerprint density at radius 3 is 2.70 bits per heavy atom. The number of benzene rings is 2. The number of aromatic nitrogens is 4. The molecule has 0 fully saturated rings. The third-order valence-electron chi connectivity index (χ3n) is 5.73. The summed E-state index contributed by atoms with van der Waals surface area (Å²) in [6.07, 6.45) is 0.922. The van der Waals surface area contributed by atoms with E-state index >= 15 is 0 Å². The van der Waals surface area contributed by atoms with Gasteiger partial charge in [-0.3, -0.25) is 14.2 Å². The monoisotopic (exact) mass is 449 g/mol. The average molecular weight is 450 g/mol. The Balaban J connectivity index is 1.80. The Hall–Kier alpha value is -3.88. The van der Waals surface area contributed by atoms with Crippen LogP contribution in [0, 0.1) is 0 Å². The van der Waals surface area contributed by atoms with Crippen molar-refractivity contribution in [2.24, 2.45) is 0 Å². The highest BCUT2D eigenvalue weighted by molar-refractivity contribution is 5.80. The summed E-state index contributed by atoms with van der Waals surface area (Å²) in [5.41, 5.74) is 0.681. The Kier molecular flexibility index (Phi) is 6.30. The molecule has 33 heavy (non-hydrogen) atoms. The van der Waals surface area contributed by atoms with Gasteiger partial charge in [-0.15, -0.1) is 5.10 Å². The highest BCUT2D eigenvalue weighted by Gasteiger charge is 2.18. The van der Waals surface area contributed by atoms with Gasteiger partial charge < -0.3 is 10.1 Å². The predicted octanol–water partition coefficient (Wildman–Crippen LogP) is 2.17. The van der Waals surface area contributed by atoms with Crippen molar-refractivity contribution in [1.29, 1.82) is 0 Å². The van der Waals surface area contributed by atoms with Crippen LogP contribution in [0.2, 0.25) is 0 Å². The molecule has 0 bridgehead atoms. The highest BCUT2D eigenvalue weighted by Crippen LogP contribution is 2.14. The summed E-state index contributed by atoms with van der Waals surface area (Å²) < 4.78 is 9.43. The van der Waals surface area contributed by atoms with Gasteiger partial charge in [0.15, 0.2) is 0 Å². The SMILES string of the molecule is CCC(C)NC(=O)CCn1c(=O)c2ccccc2n2c(=O)n(Cc3cccc(OC)c3)nc12. The largest absolute Gasteiger partial charge is 0.497 e. The zero-order valence-corrected chi connectivity index (χ0v) is 18.9. The minimum atomic E-state index is -0.359. The van der Waals surface area contributed by atoms with Crippen LogP contribution in [0.25, 0.3) is 16.7 Å². The maximum Gasteiger partial charge on any atom is 0.352 e. The van der Waals surface area contributed by atoms with E-state index in [-0.39, 0.29) is 48.5 Å². The number of carbonyl (C=O) groups excluding carboxylic acids is 1. The number of hydrogen-bond acceptors (Lipinski definition) is 5. The van der Waals surface area contributed by atoms with Crippen molar-refractivity contribution < 1.29 is 9.53 Å². The smallest absolute Gasteiger partial charge is 0.352 e. The maximum absolute atomic E-state index is 13.3. The zero-order chi connectivity index (χ0) is 23.5. The third kappa shape index (κ3) is 4.39. The van der Waals surface area contributed by atoms with Crippen LogP contribution in [-0.4, -0.2) is 37.8 Å². The van der Waals surface area contributed by atoms with E-state index in [0.717, 1.165) is 12.0 Å². The molecule has 1 N–H and O–H groups in total. The molecule has 9 nitrogen and oxygen atoms in total. The number of nitrogens with one attached hydrogen (secondary N) is 1. The lowest BCUT2D eigenvalue weighted by Gasteiger charge is -2.12. The van der Waals surface area contributed by atoms with Gasteiger partial charge >= 0.3 is 5.69 Å². The van der Waals surface area contributed by atoms with E-state index in [4.69, 9.17) is 4.74 Å². The molecule has 0 aliphatic carbocycles. The molecule has 2 aromatic carbocycles. The van der Waals surface area contributed by atoms with Crippen molar-refractivity contribution in [1.82, 2.24) is 24.1 Å². The van der Waals surface area contributed by atoms with Crippen LogP contribution in [0.5, 0.6) is 5.75 Å². The van der Waals surface area contributed by atoms with Crippen molar-refractivity contribution in [2.45, 2.75) is 45.8 Å². The first kappa shape index (κ1) is 22.3. The molecule has 0 spiro atoms. The number of fused-ring (bicyclic) bond motifs is 3. The van der Waals surface area contributed by atoms with Gasteiger partial charge in [0.05, 0.1) is 24.6 Å². The second kappa shape index (κ2) is 9.32. The van der Waals surface area contributed by atoms with Gasteiger partial charge in [-0.25, -0.2) is 13.9 Å². The number of hydrogen-bond donors (Lipinski definition) is 1. The van der Waals surface area contributed by atoms with E-state index < -0.39 is 0 Å². The van der Waals surface area contributed by atoms with Gasteiger partial charge in [-0.1, -0.05) is 31.2 Å². The second-order valence-electron chi connectivity index (χ2n) is 8.03. The lowest BCUT2D eigenvalue weighted by Crippen LogP contribution is -2.34. The van der Waals surface area contributed by atoms with Gasteiger partial charge in [-0.2, -0.15) is 0 Å². The molecule has 0 saturated heterocycles. The van der Waals surface area contributed by atoms with E-state index in [2.05, 4.69) is 10.4 Å². The fourth-order valence-corrected chi connectivity index (χ4v) is 3.78. The lowest BCUT2D eigenvalue weighted by atomic mass is 10.2. The van der Waals surface area contributed by atoms with Crippen LogP contribution >= 0.6 is 0 Å². The molecule has 4 rings (SSSR count). The summed E-state index contributed by atoms with van der Waals surface area (Å²) in [5, 5.41) is 7.79. The number of rotatable bonds is 8. The molecule has 2 aromatic heterocycles.